The molecule has 32 heavy (non-hydrogen) atoms. The van der Waals surface area contributed by atoms with Gasteiger partial charge in [0.2, 0.25) is 10.0 Å². The summed E-state index contributed by atoms with van der Waals surface area (Å²) in [7, 11) is -3.68. The smallest absolute Gasteiger partial charge is 0.243 e. The molecule has 0 bridgehead atoms. The number of rotatable bonds is 8. The summed E-state index contributed by atoms with van der Waals surface area (Å²) < 4.78 is 36.1. The molecule has 0 atom stereocenters. The molecule has 3 aromatic rings. The molecule has 1 aliphatic heterocycles. The first kappa shape index (κ1) is 23.2. The van der Waals surface area contributed by atoms with Crippen molar-refractivity contribution < 1.29 is 13.2 Å². The quantitative estimate of drug-likeness (QED) is 0.461. The molecule has 1 aliphatic rings. The summed E-state index contributed by atoms with van der Waals surface area (Å²) >= 11 is 6.12. The third-order valence-electron chi connectivity index (χ3n) is 5.76. The van der Waals surface area contributed by atoms with Gasteiger partial charge in [0.15, 0.2) is 0 Å². The second-order valence-corrected chi connectivity index (χ2v) is 11.3. The Morgan fingerprint density at radius 3 is 2.69 bits per heavy atom. The predicted molar refractivity (Wildman–Crippen MR) is 127 cm³/mol. The zero-order valence-corrected chi connectivity index (χ0v) is 20.1. The summed E-state index contributed by atoms with van der Waals surface area (Å²) in [6.45, 7) is 7.17. The molecule has 8 heteroatoms. The fraction of sp³-hybridized carbons (Fsp3) is 0.458. The van der Waals surface area contributed by atoms with Crippen molar-refractivity contribution in [2.24, 2.45) is 11.8 Å². The number of hydrogen-bond donors (Lipinski definition) is 0. The van der Waals surface area contributed by atoms with Crippen molar-refractivity contribution in [3.05, 3.63) is 59.2 Å². The SMILES string of the molecule is CC(C)CN(Cc1cccc(Cl)c1)S(=O)(=O)c1ccc2nn(CC3CCOCC3)cc2c1. The predicted octanol–water partition coefficient (Wildman–Crippen LogP) is 4.96. The third-order valence-corrected chi connectivity index (χ3v) is 7.81. The van der Waals surface area contributed by atoms with Gasteiger partial charge in [-0.3, -0.25) is 4.68 Å². The van der Waals surface area contributed by atoms with Gasteiger partial charge in [-0.1, -0.05) is 37.6 Å². The van der Waals surface area contributed by atoms with Gasteiger partial charge in [0.25, 0.3) is 0 Å². The van der Waals surface area contributed by atoms with E-state index in [0.717, 1.165) is 49.1 Å². The average molecular weight is 476 g/mol. The van der Waals surface area contributed by atoms with Gasteiger partial charge in [-0.2, -0.15) is 9.40 Å². The molecule has 0 amide bonds. The Bertz CT molecular complexity index is 1170. The Hall–Kier alpha value is -1.93. The van der Waals surface area contributed by atoms with Gasteiger partial charge in [0, 0.05) is 49.5 Å². The van der Waals surface area contributed by atoms with E-state index in [9.17, 15) is 8.42 Å². The maximum atomic E-state index is 13.6. The Morgan fingerprint density at radius 1 is 1.19 bits per heavy atom. The minimum Gasteiger partial charge on any atom is -0.381 e. The van der Waals surface area contributed by atoms with E-state index in [1.807, 2.05) is 42.9 Å². The lowest BCUT2D eigenvalue weighted by atomic mass is 10.0. The number of fused-ring (bicyclic) bond motifs is 1. The van der Waals surface area contributed by atoms with Crippen molar-refractivity contribution in [2.45, 2.75) is 44.7 Å². The lowest BCUT2D eigenvalue weighted by Crippen LogP contribution is -2.33. The van der Waals surface area contributed by atoms with Crippen LogP contribution < -0.4 is 0 Å². The highest BCUT2D eigenvalue weighted by Crippen LogP contribution is 2.25. The van der Waals surface area contributed by atoms with E-state index in [2.05, 4.69) is 5.10 Å². The molecule has 0 N–H and O–H groups in total. The van der Waals surface area contributed by atoms with Crippen LogP contribution >= 0.6 is 11.6 Å². The highest BCUT2D eigenvalue weighted by Gasteiger charge is 2.26. The van der Waals surface area contributed by atoms with Gasteiger partial charge in [-0.05, 0) is 60.6 Å². The van der Waals surface area contributed by atoms with Crippen LogP contribution in [0.15, 0.2) is 53.6 Å². The summed E-state index contributed by atoms with van der Waals surface area (Å²) in [6, 6.07) is 12.6. The number of aromatic nitrogens is 2. The monoisotopic (exact) mass is 475 g/mol. The van der Waals surface area contributed by atoms with Crippen molar-refractivity contribution in [3.63, 3.8) is 0 Å². The Morgan fingerprint density at radius 2 is 1.97 bits per heavy atom. The van der Waals surface area contributed by atoms with Crippen LogP contribution in [0, 0.1) is 11.8 Å². The molecular formula is C24H30ClN3O3S. The van der Waals surface area contributed by atoms with E-state index in [-0.39, 0.29) is 12.5 Å². The van der Waals surface area contributed by atoms with Crippen molar-refractivity contribution in [1.29, 1.82) is 0 Å². The first-order valence-electron chi connectivity index (χ1n) is 11.1. The van der Waals surface area contributed by atoms with E-state index in [1.54, 1.807) is 24.3 Å². The molecule has 0 spiro atoms. The number of hydrogen-bond acceptors (Lipinski definition) is 4. The van der Waals surface area contributed by atoms with Crippen LogP contribution in [0.1, 0.15) is 32.3 Å². The second-order valence-electron chi connectivity index (χ2n) is 8.95. The number of benzene rings is 2. The molecular weight excluding hydrogens is 446 g/mol. The zero-order valence-electron chi connectivity index (χ0n) is 18.6. The van der Waals surface area contributed by atoms with E-state index >= 15 is 0 Å². The van der Waals surface area contributed by atoms with Crippen LogP contribution in [0.25, 0.3) is 10.9 Å². The number of ether oxygens (including phenoxy) is 1. The molecule has 172 valence electrons. The molecule has 0 saturated carbocycles. The lowest BCUT2D eigenvalue weighted by Gasteiger charge is -2.24. The topological polar surface area (TPSA) is 64.4 Å². The zero-order chi connectivity index (χ0) is 22.7. The normalized spacial score (nSPS) is 15.8. The van der Waals surface area contributed by atoms with E-state index in [1.165, 1.54) is 4.31 Å². The standard InChI is InChI=1S/C24H30ClN3O3S/c1-18(2)14-28(16-20-4-3-5-22(25)12-20)32(29,30)23-6-7-24-21(13-23)17-27(26-24)15-19-8-10-31-11-9-19/h3-7,12-13,17-19H,8-11,14-16H2,1-2H3. The molecule has 1 fully saturated rings. The first-order chi connectivity index (χ1) is 15.3. The second kappa shape index (κ2) is 9.91. The maximum Gasteiger partial charge on any atom is 0.243 e. The highest BCUT2D eigenvalue weighted by molar-refractivity contribution is 7.89. The Labute approximate surface area is 195 Å². The summed E-state index contributed by atoms with van der Waals surface area (Å²) in [4.78, 5) is 0.290. The van der Waals surface area contributed by atoms with Gasteiger partial charge >= 0.3 is 0 Å². The highest BCUT2D eigenvalue weighted by atomic mass is 35.5. The Kier molecular flexibility index (Phi) is 7.20. The van der Waals surface area contributed by atoms with E-state index < -0.39 is 10.0 Å². The largest absolute Gasteiger partial charge is 0.381 e. The molecule has 2 aromatic carbocycles. The van der Waals surface area contributed by atoms with Crippen LogP contribution in [0.5, 0.6) is 0 Å². The molecule has 1 saturated heterocycles. The van der Waals surface area contributed by atoms with Crippen molar-refractivity contribution in [1.82, 2.24) is 14.1 Å². The maximum absolute atomic E-state index is 13.6. The van der Waals surface area contributed by atoms with E-state index in [0.29, 0.717) is 22.4 Å². The lowest BCUT2D eigenvalue weighted by molar-refractivity contribution is 0.0602. The average Bonchev–Trinajstić information content (AvgIpc) is 3.15. The molecule has 0 aliphatic carbocycles. The van der Waals surface area contributed by atoms with Gasteiger partial charge in [0.05, 0.1) is 10.4 Å². The van der Waals surface area contributed by atoms with Gasteiger partial charge in [0.1, 0.15) is 0 Å². The summed E-state index contributed by atoms with van der Waals surface area (Å²) in [5, 5.41) is 6.09. The van der Waals surface area contributed by atoms with Crippen LogP contribution in [-0.2, 0) is 27.8 Å². The van der Waals surface area contributed by atoms with Crippen LogP contribution in [-0.4, -0.2) is 42.3 Å². The molecule has 1 aromatic heterocycles. The summed E-state index contributed by atoms with van der Waals surface area (Å²) in [5.41, 5.74) is 1.67. The van der Waals surface area contributed by atoms with Crippen LogP contribution in [0.3, 0.4) is 0 Å². The summed E-state index contributed by atoms with van der Waals surface area (Å²) in [5.74, 6) is 0.732. The molecule has 0 unspecified atom stereocenters. The molecule has 0 radical (unpaired) electrons. The van der Waals surface area contributed by atoms with Gasteiger partial charge < -0.3 is 4.74 Å². The van der Waals surface area contributed by atoms with Crippen molar-refractivity contribution in [2.75, 3.05) is 19.8 Å². The van der Waals surface area contributed by atoms with Crippen LogP contribution in [0.4, 0.5) is 0 Å². The molecule has 4 rings (SSSR count). The van der Waals surface area contributed by atoms with Crippen LogP contribution in [0.2, 0.25) is 5.02 Å². The Balaban J connectivity index is 1.60. The third kappa shape index (κ3) is 5.52. The number of sulfonamides is 1. The molecule has 2 heterocycles. The minimum absolute atomic E-state index is 0.190. The number of halogens is 1. The fourth-order valence-electron chi connectivity index (χ4n) is 4.15. The minimum atomic E-state index is -3.68. The van der Waals surface area contributed by atoms with Crippen molar-refractivity contribution in [3.8, 4) is 0 Å². The van der Waals surface area contributed by atoms with Gasteiger partial charge in [-0.15, -0.1) is 0 Å². The summed E-state index contributed by atoms with van der Waals surface area (Å²) in [6.07, 6.45) is 4.01. The van der Waals surface area contributed by atoms with Gasteiger partial charge in [-0.25, -0.2) is 8.42 Å². The first-order valence-corrected chi connectivity index (χ1v) is 12.9. The molecule has 6 nitrogen and oxygen atoms in total. The van der Waals surface area contributed by atoms with Crippen molar-refractivity contribution >= 4 is 32.5 Å². The number of nitrogens with zero attached hydrogens (tertiary/aromatic N) is 3. The fourth-order valence-corrected chi connectivity index (χ4v) is 5.99. The van der Waals surface area contributed by atoms with E-state index in [4.69, 9.17) is 16.3 Å².